The van der Waals surface area contributed by atoms with Crippen LogP contribution in [0.25, 0.3) is 11.1 Å². The average Bonchev–Trinajstić information content (AvgIpc) is 3.10. The highest BCUT2D eigenvalue weighted by Gasteiger charge is 2.62. The molecule has 48 heavy (non-hydrogen) atoms. The van der Waals surface area contributed by atoms with Gasteiger partial charge in [-0.05, 0) is 176 Å². The van der Waals surface area contributed by atoms with Gasteiger partial charge in [0.05, 0.1) is 10.9 Å². The van der Waals surface area contributed by atoms with Gasteiger partial charge < -0.3 is 0 Å². The van der Waals surface area contributed by atoms with Crippen molar-refractivity contribution in [3.05, 3.63) is 108 Å². The summed E-state index contributed by atoms with van der Waals surface area (Å²) < 4.78 is 0. The summed E-state index contributed by atoms with van der Waals surface area (Å²) in [6.07, 6.45) is 25.1. The molecule has 4 heteroatoms. The van der Waals surface area contributed by atoms with E-state index in [1.54, 1.807) is 88.2 Å². The summed E-state index contributed by atoms with van der Waals surface area (Å²) in [6.45, 7) is 0. The maximum absolute atomic E-state index is 4.97. The minimum atomic E-state index is -0.719. The first-order chi connectivity index (χ1) is 23.6. The van der Waals surface area contributed by atoms with E-state index < -0.39 is 7.92 Å². The Morgan fingerprint density at radius 3 is 1.42 bits per heavy atom. The Labute approximate surface area is 290 Å². The van der Waals surface area contributed by atoms with E-state index >= 15 is 0 Å². The highest BCUT2D eigenvalue weighted by atomic mass is 31.1. The first-order valence-corrected chi connectivity index (χ1v) is 22.2. The van der Waals surface area contributed by atoms with Crippen molar-refractivity contribution in [2.24, 2.45) is 35.5 Å². The summed E-state index contributed by atoms with van der Waals surface area (Å²) in [5.41, 5.74) is 8.33. The van der Waals surface area contributed by atoms with Crippen LogP contribution >= 0.6 is 15.8 Å². The van der Waals surface area contributed by atoms with Crippen molar-refractivity contribution in [3.63, 3.8) is 0 Å². The lowest BCUT2D eigenvalue weighted by atomic mass is 9.55. The molecule has 0 saturated heterocycles. The molecule has 2 aromatic heterocycles. The highest BCUT2D eigenvalue weighted by Crippen LogP contribution is 2.79. The van der Waals surface area contributed by atoms with Crippen molar-refractivity contribution in [1.82, 2.24) is 9.97 Å². The van der Waals surface area contributed by atoms with Crippen molar-refractivity contribution < 1.29 is 0 Å². The molecule has 0 atom stereocenters. The molecular formula is C44H50N2P2. The summed E-state index contributed by atoms with van der Waals surface area (Å²) in [5.74, 6) is 6.15. The summed E-state index contributed by atoms with van der Waals surface area (Å²) in [5, 5.41) is 1.27. The van der Waals surface area contributed by atoms with Crippen LogP contribution in [-0.4, -0.2) is 20.3 Å². The largest absolute Gasteiger partial charge is 0.256 e. The molecule has 8 aliphatic rings. The van der Waals surface area contributed by atoms with E-state index in [9.17, 15) is 0 Å². The van der Waals surface area contributed by atoms with Gasteiger partial charge in [-0.1, -0.05) is 68.6 Å². The Balaban J connectivity index is 1.09. The average molecular weight is 669 g/mol. The van der Waals surface area contributed by atoms with Gasteiger partial charge in [-0.2, -0.15) is 0 Å². The number of benzene rings is 2. The predicted molar refractivity (Wildman–Crippen MR) is 203 cm³/mol. The van der Waals surface area contributed by atoms with Crippen LogP contribution in [0.4, 0.5) is 0 Å². The molecule has 2 aromatic carbocycles. The molecule has 0 unspecified atom stereocenters. The number of hydrogen-bond donors (Lipinski definition) is 0. The highest BCUT2D eigenvalue weighted by molar-refractivity contribution is 7.71. The molecule has 8 aliphatic carbocycles. The van der Waals surface area contributed by atoms with Crippen LogP contribution in [0.15, 0.2) is 97.3 Å². The molecule has 246 valence electrons. The van der Waals surface area contributed by atoms with Crippen LogP contribution in [0.5, 0.6) is 0 Å². The maximum Gasteiger partial charge on any atom is 0.0695 e. The first kappa shape index (κ1) is 30.4. The summed E-state index contributed by atoms with van der Waals surface area (Å²) in [7, 11) is -0.842. The lowest BCUT2D eigenvalue weighted by molar-refractivity contribution is 0.0184. The van der Waals surface area contributed by atoms with E-state index in [4.69, 9.17) is 9.97 Å². The standard InChI is InChI=1S/C44H50N2P2/c1-2-8-37(9-3-1)38-12-13-39(40(22-38)29-47(41-10-4-6-14-45-41)42-11-5-7-15-46-42)30-48(43-23-31-16-32(24-43)18-33(17-31)25-43)44-26-34-19-35(27-44)21-36(20-34)28-44/h1-15,22,31-36H,16-21,23-30H2. The topological polar surface area (TPSA) is 25.8 Å². The fourth-order valence-electron chi connectivity index (χ4n) is 13.0. The zero-order valence-electron chi connectivity index (χ0n) is 28.4. The molecule has 0 amide bonds. The van der Waals surface area contributed by atoms with E-state index in [0.717, 1.165) is 41.7 Å². The first-order valence-electron chi connectivity index (χ1n) is 19.1. The smallest absolute Gasteiger partial charge is 0.0695 e. The SMILES string of the molecule is c1ccc(-c2ccc(CP(C34CC5CC(CC(C5)C3)C4)C34CC5CC(CC(C5)C3)C4)c(CP(c3ccccn3)c3ccccn3)c2)cc1. The van der Waals surface area contributed by atoms with Gasteiger partial charge in [0.1, 0.15) is 0 Å². The number of rotatable bonds is 9. The van der Waals surface area contributed by atoms with E-state index in [1.165, 1.54) is 28.2 Å². The van der Waals surface area contributed by atoms with Crippen molar-refractivity contribution in [1.29, 1.82) is 0 Å². The lowest BCUT2D eigenvalue weighted by Crippen LogP contribution is -2.56. The van der Waals surface area contributed by atoms with Gasteiger partial charge in [-0.15, -0.1) is 0 Å². The number of pyridine rings is 2. The molecule has 0 aliphatic heterocycles. The van der Waals surface area contributed by atoms with Gasteiger partial charge in [0.25, 0.3) is 0 Å². The van der Waals surface area contributed by atoms with E-state index in [-0.39, 0.29) is 7.92 Å². The molecule has 8 bridgehead atoms. The molecule has 12 rings (SSSR count). The second-order valence-corrected chi connectivity index (χ2v) is 22.3. The van der Waals surface area contributed by atoms with Crippen LogP contribution in [0.2, 0.25) is 0 Å². The second kappa shape index (κ2) is 12.1. The van der Waals surface area contributed by atoms with Crippen LogP contribution in [0, 0.1) is 35.5 Å². The third-order valence-electron chi connectivity index (χ3n) is 14.0. The van der Waals surface area contributed by atoms with Crippen molar-refractivity contribution >= 4 is 26.7 Å². The molecule has 0 radical (unpaired) electrons. The van der Waals surface area contributed by atoms with Gasteiger partial charge >= 0.3 is 0 Å². The monoisotopic (exact) mass is 668 g/mol. The summed E-state index contributed by atoms with van der Waals surface area (Å²) >= 11 is 0. The zero-order chi connectivity index (χ0) is 31.7. The van der Waals surface area contributed by atoms with E-state index in [1.807, 2.05) is 12.4 Å². The van der Waals surface area contributed by atoms with Gasteiger partial charge in [0, 0.05) is 26.5 Å². The van der Waals surface area contributed by atoms with Gasteiger partial charge in [0.2, 0.25) is 0 Å². The third kappa shape index (κ3) is 5.44. The fourth-order valence-corrected chi connectivity index (χ4v) is 20.3. The van der Waals surface area contributed by atoms with Crippen LogP contribution < -0.4 is 10.9 Å². The normalized spacial score (nSPS) is 34.9. The summed E-state index contributed by atoms with van der Waals surface area (Å²) in [6, 6.07) is 31.7. The molecular weight excluding hydrogens is 618 g/mol. The van der Waals surface area contributed by atoms with Gasteiger partial charge in [-0.25, -0.2) is 0 Å². The molecule has 4 aromatic rings. The van der Waals surface area contributed by atoms with Crippen LogP contribution in [-0.2, 0) is 12.3 Å². The number of hydrogen-bond acceptors (Lipinski definition) is 2. The third-order valence-corrected chi connectivity index (χ3v) is 20.3. The quantitative estimate of drug-likeness (QED) is 0.166. The Morgan fingerprint density at radius 2 is 0.958 bits per heavy atom. The number of aromatic nitrogens is 2. The van der Waals surface area contributed by atoms with Crippen LogP contribution in [0.1, 0.15) is 88.2 Å². The molecule has 2 nitrogen and oxygen atoms in total. The molecule has 2 heterocycles. The van der Waals surface area contributed by atoms with E-state index in [2.05, 4.69) is 84.9 Å². The molecule has 8 saturated carbocycles. The Bertz CT molecular complexity index is 1600. The van der Waals surface area contributed by atoms with Gasteiger partial charge in [-0.3, -0.25) is 9.97 Å². The Morgan fingerprint density at radius 1 is 0.479 bits per heavy atom. The second-order valence-electron chi connectivity index (χ2n) is 17.2. The minimum absolute atomic E-state index is 0.123. The molecule has 0 N–H and O–H groups in total. The van der Waals surface area contributed by atoms with Crippen molar-refractivity contribution in [2.75, 3.05) is 0 Å². The fraction of sp³-hybridized carbons (Fsp3) is 0.500. The van der Waals surface area contributed by atoms with Crippen molar-refractivity contribution in [2.45, 2.75) is 99.7 Å². The zero-order valence-corrected chi connectivity index (χ0v) is 30.2. The minimum Gasteiger partial charge on any atom is -0.256 e. The number of nitrogens with zero attached hydrogens (tertiary/aromatic N) is 2. The predicted octanol–water partition coefficient (Wildman–Crippen LogP) is 10.7. The lowest BCUT2D eigenvalue weighted by Gasteiger charge is -2.67. The van der Waals surface area contributed by atoms with Gasteiger partial charge in [0.15, 0.2) is 0 Å². The maximum atomic E-state index is 4.97. The Hall–Kier alpha value is -2.40. The van der Waals surface area contributed by atoms with E-state index in [0.29, 0.717) is 10.3 Å². The molecule has 0 spiro atoms. The Kier molecular flexibility index (Phi) is 7.69. The van der Waals surface area contributed by atoms with Crippen LogP contribution in [0.3, 0.4) is 0 Å². The van der Waals surface area contributed by atoms with Crippen molar-refractivity contribution in [3.8, 4) is 11.1 Å². The summed E-state index contributed by atoms with van der Waals surface area (Å²) in [4.78, 5) is 9.94. The molecule has 8 fully saturated rings.